The molecule has 6 rings (SSSR count). The fourth-order valence-electron chi connectivity index (χ4n) is 4.87. The Balaban J connectivity index is 1.42. The summed E-state index contributed by atoms with van der Waals surface area (Å²) in [7, 11) is -3.26. The molecule has 2 saturated carbocycles. The van der Waals surface area contributed by atoms with E-state index in [1.54, 1.807) is 6.26 Å². The monoisotopic (exact) mass is 418 g/mol. The summed E-state index contributed by atoms with van der Waals surface area (Å²) in [6.07, 6.45) is 7.12. The Bertz CT molecular complexity index is 998. The van der Waals surface area contributed by atoms with E-state index >= 15 is 0 Å². The molecule has 0 unspecified atom stereocenters. The van der Waals surface area contributed by atoms with Gasteiger partial charge in [-0.25, -0.2) is 18.1 Å². The van der Waals surface area contributed by atoms with Gasteiger partial charge in [-0.1, -0.05) is 18.2 Å². The molecule has 8 heteroatoms. The first kappa shape index (κ1) is 19.1. The number of para-hydroxylation sites is 1. The van der Waals surface area contributed by atoms with Crippen molar-refractivity contribution < 1.29 is 22.3 Å². The number of oxazole rings is 1. The number of hydrogen-bond acceptors (Lipinski definition) is 6. The first-order chi connectivity index (χ1) is 13.9. The van der Waals surface area contributed by atoms with Crippen molar-refractivity contribution in [1.82, 2.24) is 9.71 Å². The van der Waals surface area contributed by atoms with Gasteiger partial charge in [0.25, 0.3) is 0 Å². The van der Waals surface area contributed by atoms with Crippen LogP contribution in [0.1, 0.15) is 55.2 Å². The second kappa shape index (κ2) is 7.11. The molecule has 4 aliphatic rings. The first-order valence-electron chi connectivity index (χ1n) is 10.2. The van der Waals surface area contributed by atoms with Gasteiger partial charge >= 0.3 is 0 Å². The summed E-state index contributed by atoms with van der Waals surface area (Å²) in [4.78, 5) is 4.70. The Kier molecular flexibility index (Phi) is 4.68. The number of nitrogens with one attached hydrogen (secondary N) is 1. The maximum Gasteiger partial charge on any atom is 0.208 e. The lowest BCUT2D eigenvalue weighted by molar-refractivity contribution is -0.0388. The Morgan fingerprint density at radius 2 is 2.07 bits per heavy atom. The van der Waals surface area contributed by atoms with Crippen LogP contribution in [-0.4, -0.2) is 38.4 Å². The number of benzene rings is 1. The largest absolute Gasteiger partial charge is 0.487 e. The second-order valence-electron chi connectivity index (χ2n) is 8.68. The molecule has 7 nitrogen and oxygen atoms in total. The Hall–Kier alpha value is -1.90. The standard InChI is InChI=1S/C21H26N2O5S/c1-29(24,25)23-15-6-7-21(10-15)13-28-17-8-14(9-17)18-4-2-3-5-19(18)26-11-16-12-27-20(21)22-16/h2-5,12,14-15,17,23H,6-11,13H2,1H3/t14?,15-,17?,21-/m0/s1. The molecule has 3 heterocycles. The Morgan fingerprint density at radius 1 is 1.24 bits per heavy atom. The summed E-state index contributed by atoms with van der Waals surface area (Å²) < 4.78 is 44.4. The molecule has 2 aliphatic carbocycles. The molecule has 156 valence electrons. The van der Waals surface area contributed by atoms with Gasteiger partial charge in [0, 0.05) is 6.04 Å². The van der Waals surface area contributed by atoms with Crippen LogP contribution in [0.5, 0.6) is 5.75 Å². The summed E-state index contributed by atoms with van der Waals surface area (Å²) in [6, 6.07) is 8.04. The van der Waals surface area contributed by atoms with E-state index in [9.17, 15) is 8.42 Å². The molecular formula is C21H26N2O5S. The van der Waals surface area contributed by atoms with E-state index in [0.717, 1.165) is 37.1 Å². The molecule has 0 saturated heterocycles. The highest BCUT2D eigenvalue weighted by molar-refractivity contribution is 7.88. The molecule has 0 radical (unpaired) electrons. The summed E-state index contributed by atoms with van der Waals surface area (Å²) in [6.45, 7) is 0.841. The Labute approximate surface area is 170 Å². The van der Waals surface area contributed by atoms with Crippen LogP contribution in [0.2, 0.25) is 0 Å². The average Bonchev–Trinajstić information content (AvgIpc) is 3.26. The van der Waals surface area contributed by atoms with Crippen LogP contribution in [0.4, 0.5) is 0 Å². The van der Waals surface area contributed by atoms with Crippen molar-refractivity contribution in [2.75, 3.05) is 12.9 Å². The van der Waals surface area contributed by atoms with E-state index in [4.69, 9.17) is 18.9 Å². The van der Waals surface area contributed by atoms with Gasteiger partial charge in [-0.15, -0.1) is 0 Å². The smallest absolute Gasteiger partial charge is 0.208 e. The van der Waals surface area contributed by atoms with Crippen LogP contribution >= 0.6 is 0 Å². The van der Waals surface area contributed by atoms with Crippen molar-refractivity contribution in [2.45, 2.75) is 62.2 Å². The topological polar surface area (TPSA) is 90.7 Å². The van der Waals surface area contributed by atoms with Crippen molar-refractivity contribution >= 4 is 10.0 Å². The average molecular weight is 419 g/mol. The number of rotatable bonds is 2. The minimum absolute atomic E-state index is 0.130. The maximum atomic E-state index is 11.7. The van der Waals surface area contributed by atoms with E-state index in [1.807, 2.05) is 18.2 Å². The van der Waals surface area contributed by atoms with Crippen molar-refractivity contribution in [2.24, 2.45) is 0 Å². The molecule has 2 atom stereocenters. The summed E-state index contributed by atoms with van der Waals surface area (Å²) in [5, 5.41) is 0. The lowest BCUT2D eigenvalue weighted by atomic mass is 9.77. The van der Waals surface area contributed by atoms with Gasteiger partial charge in [0.15, 0.2) is 0 Å². The van der Waals surface area contributed by atoms with Crippen molar-refractivity contribution in [3.8, 4) is 5.75 Å². The predicted octanol–water partition coefficient (Wildman–Crippen LogP) is 2.87. The predicted molar refractivity (Wildman–Crippen MR) is 106 cm³/mol. The van der Waals surface area contributed by atoms with Crippen molar-refractivity contribution in [1.29, 1.82) is 0 Å². The SMILES string of the molecule is CS(=O)(=O)N[C@H]1CC[C@@]2(COC3CC(C3)c3ccccc3OCc3coc2n3)C1. The number of aromatic nitrogens is 1. The molecular weight excluding hydrogens is 392 g/mol. The highest BCUT2D eigenvalue weighted by Crippen LogP contribution is 2.46. The quantitative estimate of drug-likeness (QED) is 0.807. The zero-order valence-corrected chi connectivity index (χ0v) is 17.3. The molecule has 4 bridgehead atoms. The maximum absolute atomic E-state index is 11.7. The highest BCUT2D eigenvalue weighted by atomic mass is 32.2. The zero-order valence-electron chi connectivity index (χ0n) is 16.5. The third kappa shape index (κ3) is 3.81. The third-order valence-electron chi connectivity index (χ3n) is 6.42. The van der Waals surface area contributed by atoms with E-state index in [2.05, 4.69) is 10.8 Å². The first-order valence-corrected chi connectivity index (χ1v) is 12.0. The number of nitrogens with zero attached hydrogens (tertiary/aromatic N) is 1. The van der Waals surface area contributed by atoms with Gasteiger partial charge in [0.2, 0.25) is 15.9 Å². The number of hydrogen-bond donors (Lipinski definition) is 1. The van der Waals surface area contributed by atoms with E-state index in [0.29, 0.717) is 31.4 Å². The van der Waals surface area contributed by atoms with Crippen molar-refractivity contribution in [3.05, 3.63) is 47.7 Å². The van der Waals surface area contributed by atoms with Crippen LogP contribution < -0.4 is 9.46 Å². The minimum Gasteiger partial charge on any atom is -0.487 e. The Morgan fingerprint density at radius 3 is 2.90 bits per heavy atom. The molecule has 1 aromatic heterocycles. The second-order valence-corrected chi connectivity index (χ2v) is 10.5. The van der Waals surface area contributed by atoms with Crippen LogP contribution in [0.15, 0.2) is 34.9 Å². The van der Waals surface area contributed by atoms with E-state index < -0.39 is 15.4 Å². The van der Waals surface area contributed by atoms with Crippen LogP contribution in [0, 0.1) is 0 Å². The van der Waals surface area contributed by atoms with E-state index in [1.165, 1.54) is 11.8 Å². The lowest BCUT2D eigenvalue weighted by Crippen LogP contribution is -2.39. The van der Waals surface area contributed by atoms with Crippen molar-refractivity contribution in [3.63, 3.8) is 0 Å². The van der Waals surface area contributed by atoms with Gasteiger partial charge in [-0.05, 0) is 49.7 Å². The van der Waals surface area contributed by atoms with Crippen LogP contribution in [0.25, 0.3) is 0 Å². The van der Waals surface area contributed by atoms with Crippen LogP contribution in [0.3, 0.4) is 0 Å². The molecule has 1 spiro atoms. The normalized spacial score (nSPS) is 31.7. The van der Waals surface area contributed by atoms with E-state index in [-0.39, 0.29) is 12.1 Å². The van der Waals surface area contributed by atoms with Gasteiger partial charge in [0.1, 0.15) is 24.3 Å². The number of sulfonamides is 1. The fraction of sp³-hybridized carbons (Fsp3) is 0.571. The number of fused-ring (bicyclic) bond motifs is 2. The zero-order chi connectivity index (χ0) is 20.1. The molecule has 2 aliphatic heterocycles. The highest BCUT2D eigenvalue weighted by Gasteiger charge is 2.47. The van der Waals surface area contributed by atoms with Gasteiger partial charge in [-0.2, -0.15) is 0 Å². The molecule has 2 fully saturated rings. The molecule has 1 N–H and O–H groups in total. The minimum atomic E-state index is -3.26. The van der Waals surface area contributed by atoms with Gasteiger partial charge in [-0.3, -0.25) is 0 Å². The summed E-state index contributed by atoms with van der Waals surface area (Å²) in [5.74, 6) is 1.97. The van der Waals surface area contributed by atoms with Crippen LogP contribution in [-0.2, 0) is 26.8 Å². The molecule has 1 aromatic carbocycles. The summed E-state index contributed by atoms with van der Waals surface area (Å²) >= 11 is 0. The van der Waals surface area contributed by atoms with Gasteiger partial charge < -0.3 is 13.9 Å². The third-order valence-corrected chi connectivity index (χ3v) is 7.18. The molecule has 2 aromatic rings. The van der Waals surface area contributed by atoms with Gasteiger partial charge in [0.05, 0.1) is 24.4 Å². The molecule has 0 amide bonds. The lowest BCUT2D eigenvalue weighted by Gasteiger charge is -2.38. The number of ether oxygens (including phenoxy) is 2. The summed E-state index contributed by atoms with van der Waals surface area (Å²) in [5.41, 5.74) is 1.55. The molecule has 29 heavy (non-hydrogen) atoms. The fourth-order valence-corrected chi connectivity index (χ4v) is 5.67.